The molecule has 5 nitrogen and oxygen atoms in total. The average molecular weight is 269 g/mol. The maximum atomic E-state index is 11.7. The first-order valence-electron chi connectivity index (χ1n) is 6.27. The van der Waals surface area contributed by atoms with E-state index in [9.17, 15) is 9.90 Å². The van der Waals surface area contributed by atoms with Gasteiger partial charge in [0.05, 0.1) is 23.4 Å². The molecule has 3 N–H and O–H groups in total. The van der Waals surface area contributed by atoms with Crippen LogP contribution >= 0.6 is 11.3 Å². The van der Waals surface area contributed by atoms with Crippen LogP contribution in [0.3, 0.4) is 0 Å². The first-order valence-corrected chi connectivity index (χ1v) is 7.15. The van der Waals surface area contributed by atoms with Crippen LogP contribution in [0.2, 0.25) is 0 Å². The molecule has 1 saturated carbocycles. The van der Waals surface area contributed by atoms with E-state index in [-0.39, 0.29) is 18.2 Å². The lowest BCUT2D eigenvalue weighted by atomic mass is 9.93. The molecule has 0 unspecified atom stereocenters. The van der Waals surface area contributed by atoms with E-state index in [1.165, 1.54) is 0 Å². The highest BCUT2D eigenvalue weighted by atomic mass is 32.1. The van der Waals surface area contributed by atoms with Crippen LogP contribution in [0.25, 0.3) is 0 Å². The summed E-state index contributed by atoms with van der Waals surface area (Å²) in [6.45, 7) is 2.41. The van der Waals surface area contributed by atoms with Crippen LogP contribution < -0.4 is 10.6 Å². The van der Waals surface area contributed by atoms with Crippen molar-refractivity contribution in [1.29, 1.82) is 0 Å². The summed E-state index contributed by atoms with van der Waals surface area (Å²) in [5, 5.41) is 18.1. The fourth-order valence-corrected chi connectivity index (χ4v) is 2.73. The van der Waals surface area contributed by atoms with Crippen LogP contribution in [0.1, 0.15) is 36.4 Å². The molecule has 2 amide bonds. The predicted octanol–water partition coefficient (Wildman–Crippen LogP) is 1.55. The monoisotopic (exact) mass is 269 g/mol. The van der Waals surface area contributed by atoms with E-state index in [2.05, 4.69) is 15.6 Å². The van der Waals surface area contributed by atoms with E-state index in [4.69, 9.17) is 0 Å². The van der Waals surface area contributed by atoms with Crippen molar-refractivity contribution in [3.8, 4) is 0 Å². The van der Waals surface area contributed by atoms with Gasteiger partial charge in [0.15, 0.2) is 0 Å². The summed E-state index contributed by atoms with van der Waals surface area (Å²) in [7, 11) is 0. The Morgan fingerprint density at radius 2 is 2.22 bits per heavy atom. The SMILES string of the molecule is Cc1nc(CNC(=O)NC2CCC(O)CC2)cs1. The van der Waals surface area contributed by atoms with E-state index in [0.29, 0.717) is 6.54 Å². The summed E-state index contributed by atoms with van der Waals surface area (Å²) < 4.78 is 0. The molecule has 1 aliphatic carbocycles. The summed E-state index contributed by atoms with van der Waals surface area (Å²) in [5.41, 5.74) is 0.895. The lowest BCUT2D eigenvalue weighted by Crippen LogP contribution is -2.43. The topological polar surface area (TPSA) is 74.2 Å². The molecule has 18 heavy (non-hydrogen) atoms. The number of rotatable bonds is 3. The molecule has 2 rings (SSSR count). The molecule has 0 bridgehead atoms. The van der Waals surface area contributed by atoms with E-state index < -0.39 is 0 Å². The second kappa shape index (κ2) is 6.15. The largest absolute Gasteiger partial charge is 0.393 e. The van der Waals surface area contributed by atoms with Crippen LogP contribution in [0.15, 0.2) is 5.38 Å². The molecule has 0 aliphatic heterocycles. The molecule has 100 valence electrons. The Bertz CT molecular complexity index is 400. The quantitative estimate of drug-likeness (QED) is 0.779. The van der Waals surface area contributed by atoms with Gasteiger partial charge >= 0.3 is 6.03 Å². The van der Waals surface area contributed by atoms with Crippen LogP contribution in [0.5, 0.6) is 0 Å². The second-order valence-corrected chi connectivity index (χ2v) is 5.75. The number of nitrogens with one attached hydrogen (secondary N) is 2. The molecule has 0 radical (unpaired) electrons. The Labute approximate surface area is 111 Å². The van der Waals surface area contributed by atoms with Crippen LogP contribution in [-0.4, -0.2) is 28.3 Å². The number of hydrogen-bond acceptors (Lipinski definition) is 4. The Morgan fingerprint density at radius 1 is 1.50 bits per heavy atom. The minimum Gasteiger partial charge on any atom is -0.393 e. The Hall–Kier alpha value is -1.14. The van der Waals surface area contributed by atoms with Crippen molar-refractivity contribution >= 4 is 17.4 Å². The molecule has 0 aromatic carbocycles. The summed E-state index contributed by atoms with van der Waals surface area (Å²) in [4.78, 5) is 15.9. The van der Waals surface area contributed by atoms with Crippen LogP contribution in [-0.2, 0) is 6.54 Å². The standard InChI is InChI=1S/C12H19N3O2S/c1-8-14-10(7-18-8)6-13-12(17)15-9-2-4-11(16)5-3-9/h7,9,11,16H,2-6H2,1H3,(H2,13,15,17). The summed E-state index contributed by atoms with van der Waals surface area (Å²) >= 11 is 1.58. The fraction of sp³-hybridized carbons (Fsp3) is 0.667. The van der Waals surface area contributed by atoms with E-state index in [1.807, 2.05) is 12.3 Å². The highest BCUT2D eigenvalue weighted by Gasteiger charge is 2.20. The number of aryl methyl sites for hydroxylation is 1. The summed E-state index contributed by atoms with van der Waals surface area (Å²) in [6, 6.07) is 0.0348. The van der Waals surface area contributed by atoms with Crippen LogP contribution in [0.4, 0.5) is 4.79 Å². The Kier molecular flexibility index (Phi) is 4.54. The third-order valence-corrected chi connectivity index (χ3v) is 3.95. The van der Waals surface area contributed by atoms with E-state index in [1.54, 1.807) is 11.3 Å². The molecular formula is C12H19N3O2S. The molecule has 1 fully saturated rings. The average Bonchev–Trinajstić information content (AvgIpc) is 2.76. The highest BCUT2D eigenvalue weighted by Crippen LogP contribution is 2.18. The summed E-state index contributed by atoms with van der Waals surface area (Å²) in [6.07, 6.45) is 3.06. The lowest BCUT2D eigenvalue weighted by Gasteiger charge is -2.26. The van der Waals surface area contributed by atoms with Gasteiger partial charge in [-0.25, -0.2) is 9.78 Å². The predicted molar refractivity (Wildman–Crippen MR) is 70.5 cm³/mol. The number of carbonyl (C=O) groups excluding carboxylic acids is 1. The van der Waals surface area contributed by atoms with Crippen molar-refractivity contribution in [1.82, 2.24) is 15.6 Å². The van der Waals surface area contributed by atoms with Crippen LogP contribution in [0, 0.1) is 6.92 Å². The number of urea groups is 1. The normalized spacial score (nSPS) is 23.7. The number of nitrogens with zero attached hydrogens (tertiary/aromatic N) is 1. The van der Waals surface area contributed by atoms with Crippen molar-refractivity contribution in [3.63, 3.8) is 0 Å². The lowest BCUT2D eigenvalue weighted by molar-refractivity contribution is 0.117. The number of aliphatic hydroxyl groups is 1. The van der Waals surface area contributed by atoms with Gasteiger partial charge in [-0.15, -0.1) is 11.3 Å². The van der Waals surface area contributed by atoms with Gasteiger partial charge in [0.2, 0.25) is 0 Å². The number of carbonyl (C=O) groups is 1. The molecule has 1 aliphatic rings. The van der Waals surface area contributed by atoms with Crippen molar-refractivity contribution < 1.29 is 9.90 Å². The molecular weight excluding hydrogens is 250 g/mol. The van der Waals surface area contributed by atoms with Gasteiger partial charge in [-0.2, -0.15) is 0 Å². The maximum absolute atomic E-state index is 11.7. The van der Waals surface area contributed by atoms with Gasteiger partial charge in [-0.05, 0) is 32.6 Å². The van der Waals surface area contributed by atoms with Gasteiger partial charge in [-0.1, -0.05) is 0 Å². The number of amides is 2. The van der Waals surface area contributed by atoms with E-state index in [0.717, 1.165) is 36.4 Å². The van der Waals surface area contributed by atoms with Gasteiger partial charge < -0.3 is 15.7 Å². The molecule has 0 atom stereocenters. The Morgan fingerprint density at radius 3 is 2.83 bits per heavy atom. The molecule has 0 spiro atoms. The van der Waals surface area contributed by atoms with Crippen molar-refractivity contribution in [2.75, 3.05) is 0 Å². The third-order valence-electron chi connectivity index (χ3n) is 3.13. The van der Waals surface area contributed by atoms with Crippen molar-refractivity contribution in [2.45, 2.75) is 51.3 Å². The Balaban J connectivity index is 1.69. The number of aliphatic hydroxyl groups excluding tert-OH is 1. The number of hydrogen-bond donors (Lipinski definition) is 3. The smallest absolute Gasteiger partial charge is 0.315 e. The molecule has 1 aromatic heterocycles. The van der Waals surface area contributed by atoms with Gasteiger partial charge in [0, 0.05) is 11.4 Å². The zero-order chi connectivity index (χ0) is 13.0. The molecule has 0 saturated heterocycles. The summed E-state index contributed by atoms with van der Waals surface area (Å²) in [5.74, 6) is 0. The van der Waals surface area contributed by atoms with Gasteiger partial charge in [-0.3, -0.25) is 0 Å². The highest BCUT2D eigenvalue weighted by molar-refractivity contribution is 7.09. The van der Waals surface area contributed by atoms with Gasteiger partial charge in [0.1, 0.15) is 0 Å². The van der Waals surface area contributed by atoms with Crippen molar-refractivity contribution in [3.05, 3.63) is 16.1 Å². The molecule has 1 aromatic rings. The first kappa shape index (κ1) is 13.3. The zero-order valence-corrected chi connectivity index (χ0v) is 11.3. The third kappa shape index (κ3) is 3.96. The number of aromatic nitrogens is 1. The minimum atomic E-state index is -0.191. The van der Waals surface area contributed by atoms with E-state index >= 15 is 0 Å². The fourth-order valence-electron chi connectivity index (χ4n) is 2.12. The first-order chi connectivity index (χ1) is 8.63. The minimum absolute atomic E-state index is 0.151. The maximum Gasteiger partial charge on any atom is 0.315 e. The molecule has 1 heterocycles. The van der Waals surface area contributed by atoms with Gasteiger partial charge in [0.25, 0.3) is 0 Å². The number of thiazole rings is 1. The van der Waals surface area contributed by atoms with Crippen molar-refractivity contribution in [2.24, 2.45) is 0 Å². The zero-order valence-electron chi connectivity index (χ0n) is 10.5. The second-order valence-electron chi connectivity index (χ2n) is 4.69. The molecule has 6 heteroatoms.